The summed E-state index contributed by atoms with van der Waals surface area (Å²) in [5.41, 5.74) is -0.329. The van der Waals surface area contributed by atoms with Crippen LogP contribution >= 0.6 is 34.2 Å². The fraction of sp³-hybridized carbons (Fsp3) is 0.462. The number of carbonyl (C=O) groups excluding carboxylic acids is 1. The van der Waals surface area contributed by atoms with E-state index in [4.69, 9.17) is 11.6 Å². The molecule has 5 heteroatoms. The third-order valence-electron chi connectivity index (χ3n) is 2.41. The molecule has 3 nitrogen and oxygen atoms in total. The van der Waals surface area contributed by atoms with Gasteiger partial charge in [0.1, 0.15) is 0 Å². The predicted octanol–water partition coefficient (Wildman–Crippen LogP) is 3.18. The first kappa shape index (κ1) is 15.7. The number of nitrogens with zero attached hydrogens (tertiary/aromatic N) is 1. The molecule has 1 N–H and O–H groups in total. The van der Waals surface area contributed by atoms with E-state index >= 15 is 0 Å². The summed E-state index contributed by atoms with van der Waals surface area (Å²) in [5, 5.41) is 10.4. The molecule has 0 aromatic heterocycles. The largest absolute Gasteiger partial charge is 0.389 e. The van der Waals surface area contributed by atoms with E-state index in [1.807, 2.05) is 13.0 Å². The van der Waals surface area contributed by atoms with Crippen LogP contribution in [0.4, 0.5) is 0 Å². The van der Waals surface area contributed by atoms with Gasteiger partial charge in [-0.1, -0.05) is 11.6 Å². The van der Waals surface area contributed by atoms with E-state index in [0.29, 0.717) is 23.7 Å². The Hall–Kier alpha value is -0.330. The summed E-state index contributed by atoms with van der Waals surface area (Å²) in [6, 6.07) is 5.24. The minimum atomic E-state index is -0.907. The Labute approximate surface area is 126 Å². The number of rotatable bonds is 4. The van der Waals surface area contributed by atoms with Crippen LogP contribution < -0.4 is 0 Å². The number of aliphatic hydroxyl groups is 1. The highest BCUT2D eigenvalue weighted by Crippen LogP contribution is 2.20. The molecule has 0 aliphatic heterocycles. The van der Waals surface area contributed by atoms with E-state index in [1.54, 1.807) is 30.9 Å². The molecule has 100 valence electrons. The van der Waals surface area contributed by atoms with Crippen molar-refractivity contribution in [3.05, 3.63) is 32.4 Å². The zero-order valence-corrected chi connectivity index (χ0v) is 13.6. The molecule has 0 saturated heterocycles. The first-order valence-corrected chi connectivity index (χ1v) is 7.17. The van der Waals surface area contributed by atoms with Gasteiger partial charge in [0.2, 0.25) is 0 Å². The maximum absolute atomic E-state index is 12.4. The van der Waals surface area contributed by atoms with Crippen LogP contribution in [-0.4, -0.2) is 34.6 Å². The van der Waals surface area contributed by atoms with Crippen LogP contribution in [0, 0.1) is 3.57 Å². The third-order valence-corrected chi connectivity index (χ3v) is 3.58. The van der Waals surface area contributed by atoms with Crippen molar-refractivity contribution in [2.24, 2.45) is 0 Å². The number of benzene rings is 1. The van der Waals surface area contributed by atoms with E-state index in [9.17, 15) is 9.90 Å². The second kappa shape index (κ2) is 6.21. The Bertz CT molecular complexity index is 443. The molecule has 0 spiro atoms. The van der Waals surface area contributed by atoms with Gasteiger partial charge in [-0.25, -0.2) is 0 Å². The minimum Gasteiger partial charge on any atom is -0.389 e. The predicted molar refractivity (Wildman–Crippen MR) is 82.0 cm³/mol. The fourth-order valence-corrected chi connectivity index (χ4v) is 2.36. The van der Waals surface area contributed by atoms with E-state index in [-0.39, 0.29) is 5.91 Å². The molecule has 0 aliphatic carbocycles. The first-order valence-electron chi connectivity index (χ1n) is 5.71. The number of hydrogen-bond acceptors (Lipinski definition) is 2. The summed E-state index contributed by atoms with van der Waals surface area (Å²) < 4.78 is 0.858. The van der Waals surface area contributed by atoms with Gasteiger partial charge in [-0.3, -0.25) is 4.79 Å². The molecule has 0 bridgehead atoms. The van der Waals surface area contributed by atoms with E-state index < -0.39 is 5.60 Å². The molecule has 0 atom stereocenters. The highest BCUT2D eigenvalue weighted by molar-refractivity contribution is 14.1. The highest BCUT2D eigenvalue weighted by atomic mass is 127. The Morgan fingerprint density at radius 2 is 2.11 bits per heavy atom. The molecule has 1 rings (SSSR count). The van der Waals surface area contributed by atoms with Crippen molar-refractivity contribution < 1.29 is 9.90 Å². The van der Waals surface area contributed by atoms with Crippen molar-refractivity contribution in [1.82, 2.24) is 4.90 Å². The Kier molecular flexibility index (Phi) is 5.43. The lowest BCUT2D eigenvalue weighted by atomic mass is 10.1. The molecule has 0 aliphatic rings. The van der Waals surface area contributed by atoms with Crippen LogP contribution in [0.15, 0.2) is 18.2 Å². The average molecular weight is 382 g/mol. The van der Waals surface area contributed by atoms with Crippen molar-refractivity contribution in [1.29, 1.82) is 0 Å². The normalized spacial score (nSPS) is 11.4. The SMILES string of the molecule is CCN(CC(C)(C)O)C(=O)c1cc(Cl)ccc1I. The van der Waals surface area contributed by atoms with Crippen molar-refractivity contribution in [3.8, 4) is 0 Å². The summed E-state index contributed by atoms with van der Waals surface area (Å²) in [4.78, 5) is 14.0. The van der Waals surface area contributed by atoms with Crippen LogP contribution in [0.25, 0.3) is 0 Å². The Balaban J connectivity index is 3.00. The molecule has 0 unspecified atom stereocenters. The molecule has 1 aromatic carbocycles. The maximum atomic E-state index is 12.4. The van der Waals surface area contributed by atoms with Crippen molar-refractivity contribution >= 4 is 40.1 Å². The molecule has 18 heavy (non-hydrogen) atoms. The lowest BCUT2D eigenvalue weighted by Gasteiger charge is -2.28. The fourth-order valence-electron chi connectivity index (χ4n) is 1.63. The average Bonchev–Trinajstić information content (AvgIpc) is 2.27. The van der Waals surface area contributed by atoms with Crippen LogP contribution in [0.1, 0.15) is 31.1 Å². The molecular weight excluding hydrogens is 365 g/mol. The number of carbonyl (C=O) groups is 1. The number of hydrogen-bond donors (Lipinski definition) is 1. The second-order valence-electron chi connectivity index (χ2n) is 4.76. The van der Waals surface area contributed by atoms with Crippen molar-refractivity contribution in [2.75, 3.05) is 13.1 Å². The van der Waals surface area contributed by atoms with Crippen LogP contribution in [0.2, 0.25) is 5.02 Å². The molecular formula is C13H17ClINO2. The monoisotopic (exact) mass is 381 g/mol. The van der Waals surface area contributed by atoms with Gasteiger partial charge in [0.15, 0.2) is 0 Å². The molecule has 1 aromatic rings. The molecule has 1 amide bonds. The van der Waals surface area contributed by atoms with Gasteiger partial charge in [-0.2, -0.15) is 0 Å². The summed E-state index contributed by atoms with van der Waals surface area (Å²) in [6.07, 6.45) is 0. The van der Waals surface area contributed by atoms with Gasteiger partial charge >= 0.3 is 0 Å². The van der Waals surface area contributed by atoms with Gasteiger partial charge in [-0.15, -0.1) is 0 Å². The number of amides is 1. The van der Waals surface area contributed by atoms with Crippen LogP contribution in [-0.2, 0) is 0 Å². The number of likely N-dealkylation sites (N-methyl/N-ethyl adjacent to an activating group) is 1. The molecule has 0 heterocycles. The highest BCUT2D eigenvalue weighted by Gasteiger charge is 2.23. The van der Waals surface area contributed by atoms with Gasteiger partial charge in [0.25, 0.3) is 5.91 Å². The number of halogens is 2. The maximum Gasteiger partial charge on any atom is 0.255 e. The molecule has 0 radical (unpaired) electrons. The lowest BCUT2D eigenvalue weighted by molar-refractivity contribution is 0.0314. The van der Waals surface area contributed by atoms with Crippen molar-refractivity contribution in [2.45, 2.75) is 26.4 Å². The summed E-state index contributed by atoms with van der Waals surface area (Å²) in [7, 11) is 0. The Morgan fingerprint density at radius 3 is 2.61 bits per heavy atom. The van der Waals surface area contributed by atoms with Crippen LogP contribution in [0.5, 0.6) is 0 Å². The van der Waals surface area contributed by atoms with E-state index in [1.165, 1.54) is 0 Å². The zero-order chi connectivity index (χ0) is 13.9. The summed E-state index contributed by atoms with van der Waals surface area (Å²) >= 11 is 8.03. The minimum absolute atomic E-state index is 0.105. The summed E-state index contributed by atoms with van der Waals surface area (Å²) in [6.45, 7) is 6.11. The topological polar surface area (TPSA) is 40.5 Å². The van der Waals surface area contributed by atoms with E-state index in [2.05, 4.69) is 22.6 Å². The quantitative estimate of drug-likeness (QED) is 0.814. The van der Waals surface area contributed by atoms with Gasteiger partial charge in [-0.05, 0) is 61.6 Å². The van der Waals surface area contributed by atoms with Crippen LogP contribution in [0.3, 0.4) is 0 Å². The lowest BCUT2D eigenvalue weighted by Crippen LogP contribution is -2.42. The van der Waals surface area contributed by atoms with Gasteiger partial charge < -0.3 is 10.0 Å². The zero-order valence-electron chi connectivity index (χ0n) is 10.7. The van der Waals surface area contributed by atoms with E-state index in [0.717, 1.165) is 3.57 Å². The Morgan fingerprint density at radius 1 is 1.50 bits per heavy atom. The molecule has 0 saturated carbocycles. The van der Waals surface area contributed by atoms with Gasteiger partial charge in [0, 0.05) is 21.7 Å². The first-order chi connectivity index (χ1) is 8.24. The van der Waals surface area contributed by atoms with Crippen molar-refractivity contribution in [3.63, 3.8) is 0 Å². The summed E-state index contributed by atoms with van der Waals surface area (Å²) in [5.74, 6) is -0.105. The smallest absolute Gasteiger partial charge is 0.255 e. The third kappa shape index (κ3) is 4.40. The second-order valence-corrected chi connectivity index (χ2v) is 6.35. The van der Waals surface area contributed by atoms with Gasteiger partial charge in [0.05, 0.1) is 11.2 Å². The standard InChI is InChI=1S/C13H17ClINO2/c1-4-16(8-13(2,3)18)12(17)10-7-9(14)5-6-11(10)15/h5-7,18H,4,8H2,1-3H3. The molecule has 0 fully saturated rings.